The average molecular weight is 475 g/mol. The Hall–Kier alpha value is -2.90. The van der Waals surface area contributed by atoms with Gasteiger partial charge in [-0.1, -0.05) is 0 Å². The SMILES string of the molecule is O=[N+]([O-])c1cc[c]([Sb+]([c]2ccccc2)([c]2ccccc2)[c]2ccccc2)cc1. The zero-order chi connectivity index (χ0) is 19.4. The second-order valence-electron chi connectivity index (χ2n) is 6.45. The maximum atomic E-state index is 11.2. The molecule has 0 aliphatic carbocycles. The predicted octanol–water partition coefficient (Wildman–Crippen LogP) is 2.97. The first-order valence-corrected chi connectivity index (χ1v) is 14.1. The van der Waals surface area contributed by atoms with Crippen molar-refractivity contribution >= 4 is 38.5 Å². The molecule has 28 heavy (non-hydrogen) atoms. The Morgan fingerprint density at radius 1 is 0.500 bits per heavy atom. The van der Waals surface area contributed by atoms with E-state index in [4.69, 9.17) is 0 Å². The van der Waals surface area contributed by atoms with Gasteiger partial charge in [0.15, 0.2) is 0 Å². The maximum absolute atomic E-state index is 11.2. The summed E-state index contributed by atoms with van der Waals surface area (Å²) >= 11 is -3.46. The molecule has 0 unspecified atom stereocenters. The minimum atomic E-state index is -3.46. The summed E-state index contributed by atoms with van der Waals surface area (Å²) in [5.41, 5.74) is 0.122. The van der Waals surface area contributed by atoms with Crippen molar-refractivity contribution in [3.8, 4) is 0 Å². The van der Waals surface area contributed by atoms with Crippen molar-refractivity contribution in [2.24, 2.45) is 0 Å². The Bertz CT molecular complexity index is 969. The molecule has 0 bridgehead atoms. The number of benzene rings is 4. The molecular weight excluding hydrogens is 456 g/mol. The third kappa shape index (κ3) is 3.23. The molecule has 0 saturated carbocycles. The standard InChI is InChI=1S/C6H4NO2.3C6H5.Sb/c8-7(9)6-4-2-1-3-5-6;3*1-2-4-6-5-3-1;/h2-5H;3*1-5H;/q;;;;+1. The third-order valence-electron chi connectivity index (χ3n) is 4.88. The normalized spacial score (nSPS) is 11.1. The molecule has 0 heterocycles. The Balaban J connectivity index is 2.08. The van der Waals surface area contributed by atoms with Gasteiger partial charge in [0.1, 0.15) is 0 Å². The van der Waals surface area contributed by atoms with Crippen LogP contribution in [0.4, 0.5) is 5.69 Å². The summed E-state index contributed by atoms with van der Waals surface area (Å²) in [5, 5.41) is 11.2. The van der Waals surface area contributed by atoms with Crippen LogP contribution in [-0.2, 0) is 0 Å². The van der Waals surface area contributed by atoms with Crippen LogP contribution in [0.25, 0.3) is 0 Å². The van der Waals surface area contributed by atoms with E-state index < -0.39 is 18.8 Å². The summed E-state index contributed by atoms with van der Waals surface area (Å²) in [6.07, 6.45) is 0. The van der Waals surface area contributed by atoms with E-state index in [0.29, 0.717) is 0 Å². The number of nitro benzene ring substituents is 1. The Labute approximate surface area is 168 Å². The Morgan fingerprint density at radius 3 is 1.14 bits per heavy atom. The van der Waals surface area contributed by atoms with Gasteiger partial charge in [0.2, 0.25) is 0 Å². The molecule has 3 nitrogen and oxygen atoms in total. The Morgan fingerprint density at radius 2 is 0.821 bits per heavy atom. The topological polar surface area (TPSA) is 43.1 Å². The van der Waals surface area contributed by atoms with E-state index in [2.05, 4.69) is 72.8 Å². The number of hydrogen-bond donors (Lipinski definition) is 0. The second-order valence-corrected chi connectivity index (χ2v) is 16.2. The molecule has 0 saturated heterocycles. The minimum absolute atomic E-state index is 0.122. The molecule has 4 aromatic carbocycles. The van der Waals surface area contributed by atoms with Crippen molar-refractivity contribution in [3.63, 3.8) is 0 Å². The van der Waals surface area contributed by atoms with Crippen molar-refractivity contribution in [1.82, 2.24) is 0 Å². The van der Waals surface area contributed by atoms with Crippen LogP contribution in [0.3, 0.4) is 0 Å². The van der Waals surface area contributed by atoms with Gasteiger partial charge in [-0.25, -0.2) is 0 Å². The fourth-order valence-corrected chi connectivity index (χ4v) is 15.8. The zero-order valence-corrected chi connectivity index (χ0v) is 17.7. The fourth-order valence-electron chi connectivity index (χ4n) is 3.65. The van der Waals surface area contributed by atoms with E-state index in [1.165, 1.54) is 14.0 Å². The fraction of sp³-hybridized carbons (Fsp3) is 0. The van der Waals surface area contributed by atoms with Crippen LogP contribution < -0.4 is 14.0 Å². The number of nitrogens with zero attached hydrogens (tertiary/aromatic N) is 1. The molecule has 136 valence electrons. The third-order valence-corrected chi connectivity index (χ3v) is 17.1. The van der Waals surface area contributed by atoms with Gasteiger partial charge in [0.25, 0.3) is 0 Å². The molecule has 0 fully saturated rings. The van der Waals surface area contributed by atoms with Gasteiger partial charge in [-0.15, -0.1) is 0 Å². The van der Waals surface area contributed by atoms with Gasteiger partial charge in [0.05, 0.1) is 0 Å². The first-order valence-electron chi connectivity index (χ1n) is 9.04. The number of hydrogen-bond acceptors (Lipinski definition) is 2. The number of rotatable bonds is 5. The van der Waals surface area contributed by atoms with Gasteiger partial charge < -0.3 is 0 Å². The van der Waals surface area contributed by atoms with E-state index in [0.717, 1.165) is 0 Å². The molecule has 0 aliphatic heterocycles. The summed E-state index contributed by atoms with van der Waals surface area (Å²) in [5.74, 6) is 0. The summed E-state index contributed by atoms with van der Waals surface area (Å²) in [6, 6.07) is 39.0. The summed E-state index contributed by atoms with van der Waals surface area (Å²) in [4.78, 5) is 10.9. The van der Waals surface area contributed by atoms with Gasteiger partial charge in [-0.3, -0.25) is 0 Å². The van der Waals surface area contributed by atoms with E-state index in [1.54, 1.807) is 12.1 Å². The van der Waals surface area contributed by atoms with Crippen molar-refractivity contribution in [2.45, 2.75) is 0 Å². The molecule has 4 aromatic rings. The Kier molecular flexibility index (Phi) is 5.27. The first-order chi connectivity index (χ1) is 13.7. The van der Waals surface area contributed by atoms with E-state index in [9.17, 15) is 10.1 Å². The van der Waals surface area contributed by atoms with E-state index in [1.807, 2.05) is 30.3 Å². The van der Waals surface area contributed by atoms with E-state index >= 15 is 0 Å². The van der Waals surface area contributed by atoms with Crippen molar-refractivity contribution in [3.05, 3.63) is 125 Å². The van der Waals surface area contributed by atoms with Crippen LogP contribution in [0.1, 0.15) is 0 Å². The molecular formula is C24H19NO2Sb+. The quantitative estimate of drug-likeness (QED) is 0.253. The van der Waals surface area contributed by atoms with Crippen LogP contribution in [0.2, 0.25) is 0 Å². The van der Waals surface area contributed by atoms with Gasteiger partial charge in [-0.2, -0.15) is 0 Å². The number of nitro groups is 1. The van der Waals surface area contributed by atoms with Crippen LogP contribution in [-0.4, -0.2) is 23.7 Å². The van der Waals surface area contributed by atoms with Crippen molar-refractivity contribution in [2.75, 3.05) is 0 Å². The van der Waals surface area contributed by atoms with Crippen LogP contribution in [0.5, 0.6) is 0 Å². The number of non-ortho nitro benzene ring substituents is 1. The molecule has 0 radical (unpaired) electrons. The van der Waals surface area contributed by atoms with Gasteiger partial charge >= 0.3 is 169 Å². The summed E-state index contributed by atoms with van der Waals surface area (Å²) < 4.78 is 5.12. The first kappa shape index (κ1) is 18.5. The second kappa shape index (κ2) is 8.00. The molecule has 0 spiro atoms. The monoisotopic (exact) mass is 474 g/mol. The molecule has 0 amide bonds. The summed E-state index contributed by atoms with van der Waals surface area (Å²) in [7, 11) is 0. The van der Waals surface area contributed by atoms with Crippen molar-refractivity contribution in [1.29, 1.82) is 0 Å². The van der Waals surface area contributed by atoms with Crippen molar-refractivity contribution < 1.29 is 4.92 Å². The molecule has 0 aliphatic rings. The average Bonchev–Trinajstić information content (AvgIpc) is 2.77. The summed E-state index contributed by atoms with van der Waals surface area (Å²) in [6.45, 7) is 0. The van der Waals surface area contributed by atoms with E-state index in [-0.39, 0.29) is 10.6 Å². The molecule has 0 aromatic heterocycles. The zero-order valence-electron chi connectivity index (χ0n) is 15.2. The van der Waals surface area contributed by atoms with Gasteiger partial charge in [-0.05, 0) is 0 Å². The molecule has 4 heteroatoms. The molecule has 0 atom stereocenters. The predicted molar refractivity (Wildman–Crippen MR) is 117 cm³/mol. The van der Waals surface area contributed by atoms with Crippen LogP contribution in [0.15, 0.2) is 115 Å². The molecule has 4 rings (SSSR count). The van der Waals surface area contributed by atoms with Gasteiger partial charge in [0, 0.05) is 0 Å². The van der Waals surface area contributed by atoms with Crippen LogP contribution in [0, 0.1) is 10.1 Å². The molecule has 0 N–H and O–H groups in total. The van der Waals surface area contributed by atoms with Crippen LogP contribution >= 0.6 is 0 Å².